The lowest BCUT2D eigenvalue weighted by atomic mass is 9.96. The van der Waals surface area contributed by atoms with Gasteiger partial charge in [-0.1, -0.05) is 18.2 Å². The highest BCUT2D eigenvalue weighted by atomic mass is 16.5. The second kappa shape index (κ2) is 4.16. The lowest BCUT2D eigenvalue weighted by Gasteiger charge is -2.13. The third kappa shape index (κ3) is 2.03. The van der Waals surface area contributed by atoms with Crippen molar-refractivity contribution in [2.75, 3.05) is 6.61 Å². The van der Waals surface area contributed by atoms with E-state index in [9.17, 15) is 4.79 Å². The highest BCUT2D eigenvalue weighted by Crippen LogP contribution is 2.49. The Morgan fingerprint density at radius 2 is 2.12 bits per heavy atom. The van der Waals surface area contributed by atoms with Crippen molar-refractivity contribution in [3.8, 4) is 5.75 Å². The Kier molecular flexibility index (Phi) is 2.86. The van der Waals surface area contributed by atoms with Gasteiger partial charge in [-0.3, -0.25) is 4.79 Å². The van der Waals surface area contributed by atoms with Crippen molar-refractivity contribution >= 4 is 5.97 Å². The van der Waals surface area contributed by atoms with Crippen LogP contribution >= 0.6 is 0 Å². The predicted octanol–water partition coefficient (Wildman–Crippen LogP) is 2.49. The molecular weight excluding hydrogens is 204 g/mol. The van der Waals surface area contributed by atoms with Gasteiger partial charge in [0.25, 0.3) is 0 Å². The van der Waals surface area contributed by atoms with Gasteiger partial charge in [-0.05, 0) is 37.8 Å². The van der Waals surface area contributed by atoms with E-state index in [2.05, 4.69) is 0 Å². The molecule has 0 radical (unpaired) electrons. The fraction of sp³-hybridized carbons (Fsp3) is 0.462. The van der Waals surface area contributed by atoms with Crippen LogP contribution in [0.2, 0.25) is 0 Å². The van der Waals surface area contributed by atoms with Crippen LogP contribution in [-0.2, 0) is 11.2 Å². The molecule has 1 aromatic rings. The minimum atomic E-state index is -0.682. The van der Waals surface area contributed by atoms with E-state index >= 15 is 0 Å². The second-order valence-electron chi connectivity index (χ2n) is 4.30. The molecule has 1 aliphatic carbocycles. The largest absolute Gasteiger partial charge is 0.494 e. The van der Waals surface area contributed by atoms with E-state index < -0.39 is 11.4 Å². The summed E-state index contributed by atoms with van der Waals surface area (Å²) in [5, 5.41) is 9.15. The van der Waals surface area contributed by atoms with E-state index in [0.717, 1.165) is 24.2 Å². The van der Waals surface area contributed by atoms with E-state index in [-0.39, 0.29) is 0 Å². The first kappa shape index (κ1) is 11.0. The van der Waals surface area contributed by atoms with Crippen LogP contribution in [0.5, 0.6) is 5.75 Å². The number of aliphatic carboxylic acids is 1. The molecule has 16 heavy (non-hydrogen) atoms. The Hall–Kier alpha value is -1.51. The maximum Gasteiger partial charge on any atom is 0.309 e. The number of ether oxygens (including phenoxy) is 1. The number of carboxylic acids is 1. The number of benzene rings is 1. The molecule has 0 aromatic heterocycles. The third-order valence-corrected chi connectivity index (χ3v) is 3.11. The molecule has 0 spiro atoms. The predicted molar refractivity (Wildman–Crippen MR) is 60.6 cm³/mol. The zero-order chi connectivity index (χ0) is 11.6. The normalized spacial score (nSPS) is 16.8. The van der Waals surface area contributed by atoms with Gasteiger partial charge >= 0.3 is 5.97 Å². The molecule has 3 heteroatoms. The van der Waals surface area contributed by atoms with Gasteiger partial charge in [-0.25, -0.2) is 0 Å². The summed E-state index contributed by atoms with van der Waals surface area (Å²) in [5.74, 6) is 0.135. The van der Waals surface area contributed by atoms with Crippen molar-refractivity contribution in [3.05, 3.63) is 29.8 Å². The van der Waals surface area contributed by atoms with Crippen LogP contribution < -0.4 is 4.74 Å². The molecular formula is C13H16O3. The minimum Gasteiger partial charge on any atom is -0.494 e. The Bertz CT molecular complexity index is 394. The van der Waals surface area contributed by atoms with E-state index in [1.54, 1.807) is 0 Å². The maximum absolute atomic E-state index is 11.1. The summed E-state index contributed by atoms with van der Waals surface area (Å²) in [6, 6.07) is 7.69. The van der Waals surface area contributed by atoms with Gasteiger partial charge in [0.2, 0.25) is 0 Å². The standard InChI is InChI=1S/C13H16O3/c1-2-16-11-6-4-3-5-10(11)9-13(7-8-13)12(14)15/h3-6H,2,7-9H2,1H3,(H,14,15). The number of carboxylic acid groups (broad SMARTS) is 1. The monoisotopic (exact) mass is 220 g/mol. The summed E-state index contributed by atoms with van der Waals surface area (Å²) in [6.07, 6.45) is 2.14. The van der Waals surface area contributed by atoms with E-state index in [1.807, 2.05) is 31.2 Å². The van der Waals surface area contributed by atoms with Crippen LogP contribution in [0.15, 0.2) is 24.3 Å². The summed E-state index contributed by atoms with van der Waals surface area (Å²) < 4.78 is 5.50. The molecule has 0 aliphatic heterocycles. The summed E-state index contributed by atoms with van der Waals surface area (Å²) >= 11 is 0. The fourth-order valence-corrected chi connectivity index (χ4v) is 1.93. The number of hydrogen-bond acceptors (Lipinski definition) is 2. The van der Waals surface area contributed by atoms with Crippen molar-refractivity contribution in [2.45, 2.75) is 26.2 Å². The number of hydrogen-bond donors (Lipinski definition) is 1. The second-order valence-corrected chi connectivity index (χ2v) is 4.30. The van der Waals surface area contributed by atoms with Crippen LogP contribution in [-0.4, -0.2) is 17.7 Å². The van der Waals surface area contributed by atoms with Crippen LogP contribution in [0.25, 0.3) is 0 Å². The quantitative estimate of drug-likeness (QED) is 0.829. The highest BCUT2D eigenvalue weighted by molar-refractivity contribution is 5.78. The molecule has 0 saturated heterocycles. The first-order valence-electron chi connectivity index (χ1n) is 5.62. The smallest absolute Gasteiger partial charge is 0.309 e. The van der Waals surface area contributed by atoms with Crippen molar-refractivity contribution in [2.24, 2.45) is 5.41 Å². The first-order chi connectivity index (χ1) is 7.68. The SMILES string of the molecule is CCOc1ccccc1CC1(C(=O)O)CC1. The molecule has 1 saturated carbocycles. The molecule has 0 amide bonds. The van der Waals surface area contributed by atoms with E-state index in [0.29, 0.717) is 13.0 Å². The van der Waals surface area contributed by atoms with Gasteiger partial charge in [0.05, 0.1) is 12.0 Å². The number of para-hydroxylation sites is 1. The average Bonchev–Trinajstić information content (AvgIpc) is 3.02. The molecule has 0 unspecified atom stereocenters. The average molecular weight is 220 g/mol. The van der Waals surface area contributed by atoms with Gasteiger partial charge in [-0.15, -0.1) is 0 Å². The van der Waals surface area contributed by atoms with Gasteiger partial charge in [-0.2, -0.15) is 0 Å². The molecule has 1 N–H and O–H groups in total. The van der Waals surface area contributed by atoms with Crippen molar-refractivity contribution < 1.29 is 14.6 Å². The van der Waals surface area contributed by atoms with Gasteiger partial charge in [0.1, 0.15) is 5.75 Å². The van der Waals surface area contributed by atoms with Gasteiger partial charge in [0, 0.05) is 0 Å². The molecule has 3 nitrogen and oxygen atoms in total. The Morgan fingerprint density at radius 3 is 2.69 bits per heavy atom. The lowest BCUT2D eigenvalue weighted by molar-refractivity contribution is -0.143. The molecule has 0 atom stereocenters. The summed E-state index contributed by atoms with van der Waals surface area (Å²) in [6.45, 7) is 2.54. The van der Waals surface area contributed by atoms with Crippen molar-refractivity contribution in [3.63, 3.8) is 0 Å². The summed E-state index contributed by atoms with van der Waals surface area (Å²) in [4.78, 5) is 11.1. The highest BCUT2D eigenvalue weighted by Gasteiger charge is 2.50. The molecule has 1 aliphatic rings. The molecule has 2 rings (SSSR count). The van der Waals surface area contributed by atoms with Crippen LogP contribution in [0.1, 0.15) is 25.3 Å². The third-order valence-electron chi connectivity index (χ3n) is 3.11. The van der Waals surface area contributed by atoms with Crippen molar-refractivity contribution in [1.29, 1.82) is 0 Å². The maximum atomic E-state index is 11.1. The first-order valence-corrected chi connectivity index (χ1v) is 5.62. The fourth-order valence-electron chi connectivity index (χ4n) is 1.93. The van der Waals surface area contributed by atoms with Crippen LogP contribution in [0.4, 0.5) is 0 Å². The van der Waals surface area contributed by atoms with Crippen LogP contribution in [0, 0.1) is 5.41 Å². The van der Waals surface area contributed by atoms with Crippen molar-refractivity contribution in [1.82, 2.24) is 0 Å². The zero-order valence-corrected chi connectivity index (χ0v) is 9.40. The topological polar surface area (TPSA) is 46.5 Å². The Labute approximate surface area is 95.0 Å². The van der Waals surface area contributed by atoms with E-state index in [4.69, 9.17) is 9.84 Å². The number of carbonyl (C=O) groups is 1. The Morgan fingerprint density at radius 1 is 1.44 bits per heavy atom. The lowest BCUT2D eigenvalue weighted by Crippen LogP contribution is -2.18. The zero-order valence-electron chi connectivity index (χ0n) is 9.40. The van der Waals surface area contributed by atoms with Gasteiger partial charge < -0.3 is 9.84 Å². The number of rotatable bonds is 5. The van der Waals surface area contributed by atoms with E-state index in [1.165, 1.54) is 0 Å². The Balaban J connectivity index is 2.18. The van der Waals surface area contributed by atoms with Crippen LogP contribution in [0.3, 0.4) is 0 Å². The summed E-state index contributed by atoms with van der Waals surface area (Å²) in [5.41, 5.74) is 0.483. The molecule has 0 heterocycles. The molecule has 86 valence electrons. The van der Waals surface area contributed by atoms with Gasteiger partial charge in [0.15, 0.2) is 0 Å². The molecule has 1 fully saturated rings. The summed E-state index contributed by atoms with van der Waals surface area (Å²) in [7, 11) is 0. The molecule has 1 aromatic carbocycles. The molecule has 0 bridgehead atoms. The minimum absolute atomic E-state index is 0.521.